The first kappa shape index (κ1) is 20.7. The van der Waals surface area contributed by atoms with Crippen LogP contribution in [0.3, 0.4) is 0 Å². The average Bonchev–Trinajstić information content (AvgIpc) is 2.94. The van der Waals surface area contributed by atoms with Crippen molar-refractivity contribution < 1.29 is 19.2 Å². The minimum absolute atomic E-state index is 0.0313. The quantitative estimate of drug-likeness (QED) is 0.702. The summed E-state index contributed by atoms with van der Waals surface area (Å²) in [6, 6.07) is 4.34. The summed E-state index contributed by atoms with van der Waals surface area (Å²) < 4.78 is 0. The highest BCUT2D eigenvalue weighted by Crippen LogP contribution is 2.31. The molecule has 4 rings (SSSR count). The lowest BCUT2D eigenvalue weighted by atomic mass is 9.90. The lowest BCUT2D eigenvalue weighted by Gasteiger charge is -2.38. The van der Waals surface area contributed by atoms with Crippen LogP contribution in [-0.2, 0) is 16.1 Å². The van der Waals surface area contributed by atoms with E-state index in [1.807, 2.05) is 13.1 Å². The third kappa shape index (κ3) is 3.77. The Morgan fingerprint density at radius 2 is 1.97 bits per heavy atom. The lowest BCUT2D eigenvalue weighted by molar-refractivity contribution is -0.136. The normalized spacial score (nSPS) is 26.9. The number of imide groups is 2. The van der Waals surface area contributed by atoms with Crippen LogP contribution in [0.2, 0.25) is 0 Å². The second-order valence-electron chi connectivity index (χ2n) is 8.90. The number of likely N-dealkylation sites (N-methyl/N-ethyl adjacent to an activating group) is 1. The number of amides is 4. The van der Waals surface area contributed by atoms with Crippen molar-refractivity contribution in [2.24, 2.45) is 0 Å². The van der Waals surface area contributed by atoms with E-state index in [9.17, 15) is 19.2 Å². The summed E-state index contributed by atoms with van der Waals surface area (Å²) in [5.74, 6) is -1.87. The number of hydrogen-bond donors (Lipinski definition) is 2. The molecule has 1 aromatic rings. The molecule has 2 fully saturated rings. The summed E-state index contributed by atoms with van der Waals surface area (Å²) in [5, 5.41) is 5.83. The van der Waals surface area contributed by atoms with Gasteiger partial charge in [-0.05, 0) is 51.4 Å². The van der Waals surface area contributed by atoms with Crippen LogP contribution in [-0.4, -0.2) is 65.1 Å². The molecule has 30 heavy (non-hydrogen) atoms. The molecule has 3 aliphatic rings. The van der Waals surface area contributed by atoms with Crippen molar-refractivity contribution in [1.29, 1.82) is 0 Å². The Hall–Kier alpha value is -2.58. The SMILES string of the molecule is CN(Cc1cccc2c1C(=O)N(C1CCC(=O)NC1=O)C2=O)CC1(C)CCCCN1. The zero-order chi connectivity index (χ0) is 21.5. The second kappa shape index (κ2) is 7.92. The summed E-state index contributed by atoms with van der Waals surface area (Å²) in [6.45, 7) is 4.59. The van der Waals surface area contributed by atoms with E-state index in [0.29, 0.717) is 17.7 Å². The summed E-state index contributed by atoms with van der Waals surface area (Å²) >= 11 is 0. The van der Waals surface area contributed by atoms with E-state index in [0.717, 1.165) is 30.0 Å². The van der Waals surface area contributed by atoms with Crippen molar-refractivity contribution in [3.8, 4) is 0 Å². The molecule has 2 atom stereocenters. The number of benzene rings is 1. The molecule has 4 amide bonds. The second-order valence-corrected chi connectivity index (χ2v) is 8.90. The summed E-state index contributed by atoms with van der Waals surface area (Å²) in [5.41, 5.74) is 1.52. The largest absolute Gasteiger partial charge is 0.310 e. The molecule has 2 N–H and O–H groups in total. The summed E-state index contributed by atoms with van der Waals surface area (Å²) in [4.78, 5) is 53.1. The van der Waals surface area contributed by atoms with Gasteiger partial charge >= 0.3 is 0 Å². The lowest BCUT2D eigenvalue weighted by Crippen LogP contribution is -2.54. The van der Waals surface area contributed by atoms with Gasteiger partial charge in [0.1, 0.15) is 6.04 Å². The third-order valence-corrected chi connectivity index (χ3v) is 6.32. The predicted molar refractivity (Wildman–Crippen MR) is 110 cm³/mol. The first-order chi connectivity index (χ1) is 14.3. The number of carbonyl (C=O) groups excluding carboxylic acids is 4. The third-order valence-electron chi connectivity index (χ3n) is 6.32. The van der Waals surface area contributed by atoms with Gasteiger partial charge in [-0.15, -0.1) is 0 Å². The number of piperidine rings is 2. The molecule has 8 nitrogen and oxygen atoms in total. The monoisotopic (exact) mass is 412 g/mol. The molecule has 0 aliphatic carbocycles. The molecule has 2 saturated heterocycles. The molecular weight excluding hydrogens is 384 g/mol. The van der Waals surface area contributed by atoms with Crippen LogP contribution in [0.25, 0.3) is 0 Å². The Balaban J connectivity index is 1.54. The molecule has 2 unspecified atom stereocenters. The van der Waals surface area contributed by atoms with Crippen molar-refractivity contribution in [3.05, 3.63) is 34.9 Å². The van der Waals surface area contributed by atoms with Gasteiger partial charge < -0.3 is 10.2 Å². The minimum Gasteiger partial charge on any atom is -0.310 e. The number of hydrogen-bond acceptors (Lipinski definition) is 6. The van der Waals surface area contributed by atoms with Gasteiger partial charge in [0, 0.05) is 25.0 Å². The minimum atomic E-state index is -0.939. The van der Waals surface area contributed by atoms with Gasteiger partial charge in [-0.1, -0.05) is 18.6 Å². The molecule has 0 aromatic heterocycles. The van der Waals surface area contributed by atoms with Gasteiger partial charge in [0.05, 0.1) is 11.1 Å². The van der Waals surface area contributed by atoms with Crippen LogP contribution in [0.4, 0.5) is 0 Å². The van der Waals surface area contributed by atoms with Crippen LogP contribution in [0.1, 0.15) is 65.3 Å². The van der Waals surface area contributed by atoms with Crippen molar-refractivity contribution in [3.63, 3.8) is 0 Å². The van der Waals surface area contributed by atoms with Gasteiger partial charge in [-0.3, -0.25) is 29.4 Å². The van der Waals surface area contributed by atoms with E-state index in [1.54, 1.807) is 12.1 Å². The maximum absolute atomic E-state index is 13.2. The van der Waals surface area contributed by atoms with Crippen LogP contribution in [0.15, 0.2) is 18.2 Å². The number of fused-ring (bicyclic) bond motifs is 1. The fourth-order valence-electron chi connectivity index (χ4n) is 4.91. The summed E-state index contributed by atoms with van der Waals surface area (Å²) in [6.07, 6.45) is 3.77. The van der Waals surface area contributed by atoms with Gasteiger partial charge in [-0.2, -0.15) is 0 Å². The van der Waals surface area contributed by atoms with Crippen LogP contribution in [0, 0.1) is 0 Å². The van der Waals surface area contributed by atoms with E-state index in [1.165, 1.54) is 12.8 Å². The molecule has 3 heterocycles. The first-order valence-corrected chi connectivity index (χ1v) is 10.6. The van der Waals surface area contributed by atoms with E-state index in [2.05, 4.69) is 22.5 Å². The van der Waals surface area contributed by atoms with Gasteiger partial charge in [-0.25, -0.2) is 0 Å². The standard InChI is InChI=1S/C22H28N4O4/c1-22(10-3-4-11-23-22)13-25(2)12-14-6-5-7-15-18(14)21(30)26(20(15)29)16-8-9-17(27)24-19(16)28/h5-7,16,23H,3-4,8-13H2,1-2H3,(H,24,27,28). The molecule has 160 valence electrons. The van der Waals surface area contributed by atoms with E-state index in [-0.39, 0.29) is 24.3 Å². The number of nitrogens with one attached hydrogen (secondary N) is 2. The number of carbonyl (C=O) groups is 4. The Bertz CT molecular complexity index is 906. The average molecular weight is 412 g/mol. The van der Waals surface area contributed by atoms with E-state index < -0.39 is 23.8 Å². The highest BCUT2D eigenvalue weighted by molar-refractivity contribution is 6.24. The molecule has 1 aromatic carbocycles. The van der Waals surface area contributed by atoms with Crippen molar-refractivity contribution in [2.75, 3.05) is 20.1 Å². The molecule has 0 spiro atoms. The van der Waals surface area contributed by atoms with E-state index >= 15 is 0 Å². The molecule has 0 saturated carbocycles. The van der Waals surface area contributed by atoms with Crippen LogP contribution >= 0.6 is 0 Å². The Labute approximate surface area is 176 Å². The van der Waals surface area contributed by atoms with Gasteiger partial charge in [0.25, 0.3) is 11.8 Å². The summed E-state index contributed by atoms with van der Waals surface area (Å²) in [7, 11) is 2.01. The zero-order valence-corrected chi connectivity index (χ0v) is 17.5. The smallest absolute Gasteiger partial charge is 0.262 e. The predicted octanol–water partition coefficient (Wildman–Crippen LogP) is 1.05. The highest BCUT2D eigenvalue weighted by Gasteiger charge is 2.45. The number of rotatable bonds is 5. The molecule has 8 heteroatoms. The number of nitrogens with zero attached hydrogens (tertiary/aromatic N) is 2. The molecule has 0 bridgehead atoms. The highest BCUT2D eigenvalue weighted by atomic mass is 16.2. The van der Waals surface area contributed by atoms with E-state index in [4.69, 9.17) is 0 Å². The molecule has 3 aliphatic heterocycles. The first-order valence-electron chi connectivity index (χ1n) is 10.6. The molecular formula is C22H28N4O4. The fraction of sp³-hybridized carbons (Fsp3) is 0.545. The van der Waals surface area contributed by atoms with Gasteiger partial charge in [0.2, 0.25) is 11.8 Å². The van der Waals surface area contributed by atoms with Crippen molar-refractivity contribution in [2.45, 2.75) is 57.2 Å². The van der Waals surface area contributed by atoms with Crippen LogP contribution in [0.5, 0.6) is 0 Å². The Morgan fingerprint density at radius 1 is 1.17 bits per heavy atom. The Kier molecular flexibility index (Phi) is 5.46. The zero-order valence-electron chi connectivity index (χ0n) is 17.5. The fourth-order valence-corrected chi connectivity index (χ4v) is 4.91. The molecule has 0 radical (unpaired) electrons. The van der Waals surface area contributed by atoms with Crippen molar-refractivity contribution in [1.82, 2.24) is 20.4 Å². The van der Waals surface area contributed by atoms with Crippen LogP contribution < -0.4 is 10.6 Å². The maximum Gasteiger partial charge on any atom is 0.262 e. The van der Waals surface area contributed by atoms with Gasteiger partial charge in [0.15, 0.2) is 0 Å². The topological polar surface area (TPSA) is 98.8 Å². The Morgan fingerprint density at radius 3 is 2.67 bits per heavy atom. The maximum atomic E-state index is 13.2. The van der Waals surface area contributed by atoms with Crippen molar-refractivity contribution >= 4 is 23.6 Å².